The third-order valence-corrected chi connectivity index (χ3v) is 3.54. The van der Waals surface area contributed by atoms with E-state index >= 15 is 0 Å². The van der Waals surface area contributed by atoms with Crippen molar-refractivity contribution in [2.75, 3.05) is 0 Å². The fourth-order valence-electron chi connectivity index (χ4n) is 2.72. The summed E-state index contributed by atoms with van der Waals surface area (Å²) < 4.78 is 0. The average Bonchev–Trinajstić information content (AvgIpc) is 2.09. The van der Waals surface area contributed by atoms with Crippen molar-refractivity contribution in [1.29, 1.82) is 0 Å². The topological polar surface area (TPSA) is 0 Å². The molecule has 0 heteroatoms. The van der Waals surface area contributed by atoms with E-state index in [4.69, 9.17) is 0 Å². The Morgan fingerprint density at radius 1 is 0.562 bits per heavy atom. The largest absolute Gasteiger partial charge is 0.0628 e. The summed E-state index contributed by atoms with van der Waals surface area (Å²) in [7, 11) is 0. The molecule has 98 valence electrons. The quantitative estimate of drug-likeness (QED) is 0.493. The van der Waals surface area contributed by atoms with Gasteiger partial charge in [0.2, 0.25) is 0 Å². The summed E-state index contributed by atoms with van der Waals surface area (Å²) >= 11 is 0. The molecule has 0 bridgehead atoms. The Balaban J connectivity index is 4.17. The Labute approximate surface area is 104 Å². The van der Waals surface area contributed by atoms with E-state index in [9.17, 15) is 0 Å². The zero-order chi connectivity index (χ0) is 12.7. The molecular formula is C16H34. The highest BCUT2D eigenvalue weighted by Gasteiger charge is 2.19. The maximum Gasteiger partial charge on any atom is -0.0386 e. The van der Waals surface area contributed by atoms with Crippen LogP contribution in [-0.2, 0) is 0 Å². The Bertz CT molecular complexity index is 155. The molecule has 0 aliphatic rings. The van der Waals surface area contributed by atoms with E-state index in [-0.39, 0.29) is 0 Å². The summed E-state index contributed by atoms with van der Waals surface area (Å²) in [6.07, 6.45) is 5.65. The molecule has 0 saturated carbocycles. The van der Waals surface area contributed by atoms with Crippen LogP contribution in [0.2, 0.25) is 0 Å². The van der Waals surface area contributed by atoms with Crippen LogP contribution in [0, 0.1) is 29.6 Å². The standard InChI is InChI=1S/C16H34/c1-12(2)8-9-16(11-14(5)6)15(7)10-13(3)4/h12-16H,8-11H2,1-7H3. The van der Waals surface area contributed by atoms with Gasteiger partial charge in [-0.3, -0.25) is 0 Å². The van der Waals surface area contributed by atoms with Gasteiger partial charge in [0.05, 0.1) is 0 Å². The molecule has 16 heavy (non-hydrogen) atoms. The first-order chi connectivity index (χ1) is 7.32. The molecule has 0 radical (unpaired) electrons. The van der Waals surface area contributed by atoms with Crippen molar-refractivity contribution in [2.45, 2.75) is 74.1 Å². The van der Waals surface area contributed by atoms with Crippen molar-refractivity contribution in [3.05, 3.63) is 0 Å². The maximum absolute atomic E-state index is 2.47. The third kappa shape index (κ3) is 8.19. The summed E-state index contributed by atoms with van der Waals surface area (Å²) in [4.78, 5) is 0. The maximum atomic E-state index is 2.47. The van der Waals surface area contributed by atoms with Gasteiger partial charge in [0.25, 0.3) is 0 Å². The molecule has 0 aliphatic heterocycles. The fourth-order valence-corrected chi connectivity index (χ4v) is 2.72. The van der Waals surface area contributed by atoms with Gasteiger partial charge in [-0.1, -0.05) is 54.9 Å². The van der Waals surface area contributed by atoms with Gasteiger partial charge in [0.15, 0.2) is 0 Å². The highest BCUT2D eigenvalue weighted by Crippen LogP contribution is 2.30. The van der Waals surface area contributed by atoms with Gasteiger partial charge in [0, 0.05) is 0 Å². The zero-order valence-electron chi connectivity index (χ0n) is 12.7. The molecule has 2 atom stereocenters. The van der Waals surface area contributed by atoms with Crippen LogP contribution in [0.4, 0.5) is 0 Å². The van der Waals surface area contributed by atoms with Gasteiger partial charge in [-0.15, -0.1) is 0 Å². The third-order valence-electron chi connectivity index (χ3n) is 3.54. The van der Waals surface area contributed by atoms with Crippen LogP contribution in [0.15, 0.2) is 0 Å². The van der Waals surface area contributed by atoms with Crippen molar-refractivity contribution in [3.63, 3.8) is 0 Å². The molecule has 0 fully saturated rings. The van der Waals surface area contributed by atoms with E-state index in [1.165, 1.54) is 25.7 Å². The minimum Gasteiger partial charge on any atom is -0.0628 e. The van der Waals surface area contributed by atoms with Crippen molar-refractivity contribution in [3.8, 4) is 0 Å². The summed E-state index contributed by atoms with van der Waals surface area (Å²) in [6, 6.07) is 0. The lowest BCUT2D eigenvalue weighted by Gasteiger charge is -2.27. The first-order valence-electron chi connectivity index (χ1n) is 7.32. The molecule has 0 aromatic rings. The van der Waals surface area contributed by atoms with Crippen molar-refractivity contribution in [1.82, 2.24) is 0 Å². The summed E-state index contributed by atoms with van der Waals surface area (Å²) in [5.74, 6) is 4.42. The fraction of sp³-hybridized carbons (Fsp3) is 1.00. The van der Waals surface area contributed by atoms with E-state index in [1.807, 2.05) is 0 Å². The first kappa shape index (κ1) is 16.0. The van der Waals surface area contributed by atoms with Gasteiger partial charge in [0.1, 0.15) is 0 Å². The number of rotatable bonds is 8. The lowest BCUT2D eigenvalue weighted by molar-refractivity contribution is 0.236. The molecule has 0 aromatic carbocycles. The van der Waals surface area contributed by atoms with E-state index in [0.29, 0.717) is 0 Å². The molecule has 2 unspecified atom stereocenters. The van der Waals surface area contributed by atoms with E-state index in [1.54, 1.807) is 0 Å². The lowest BCUT2D eigenvalue weighted by Crippen LogP contribution is -2.17. The van der Waals surface area contributed by atoms with Crippen LogP contribution in [0.1, 0.15) is 74.1 Å². The molecule has 0 N–H and O–H groups in total. The van der Waals surface area contributed by atoms with Gasteiger partial charge < -0.3 is 0 Å². The highest BCUT2D eigenvalue weighted by molar-refractivity contribution is 4.70. The molecule has 0 heterocycles. The van der Waals surface area contributed by atoms with Crippen molar-refractivity contribution < 1.29 is 0 Å². The number of hydrogen-bond donors (Lipinski definition) is 0. The van der Waals surface area contributed by atoms with Crippen LogP contribution in [0.3, 0.4) is 0 Å². The SMILES string of the molecule is CC(C)CCC(CC(C)C)C(C)CC(C)C. The predicted molar refractivity (Wildman–Crippen MR) is 75.6 cm³/mol. The summed E-state index contributed by atoms with van der Waals surface area (Å²) in [5, 5.41) is 0. The molecule has 0 spiro atoms. The van der Waals surface area contributed by atoms with Crippen LogP contribution in [0.25, 0.3) is 0 Å². The van der Waals surface area contributed by atoms with Gasteiger partial charge >= 0.3 is 0 Å². The van der Waals surface area contributed by atoms with Gasteiger partial charge in [-0.05, 0) is 48.9 Å². The first-order valence-corrected chi connectivity index (χ1v) is 7.32. The monoisotopic (exact) mass is 226 g/mol. The number of hydrogen-bond acceptors (Lipinski definition) is 0. The van der Waals surface area contributed by atoms with Crippen LogP contribution < -0.4 is 0 Å². The second-order valence-corrected chi connectivity index (χ2v) is 6.97. The van der Waals surface area contributed by atoms with E-state index in [2.05, 4.69) is 48.5 Å². The summed E-state index contributed by atoms with van der Waals surface area (Å²) in [6.45, 7) is 16.6. The van der Waals surface area contributed by atoms with Crippen LogP contribution in [0.5, 0.6) is 0 Å². The van der Waals surface area contributed by atoms with Gasteiger partial charge in [-0.25, -0.2) is 0 Å². The summed E-state index contributed by atoms with van der Waals surface area (Å²) in [5.41, 5.74) is 0. The Morgan fingerprint density at radius 2 is 1.06 bits per heavy atom. The average molecular weight is 226 g/mol. The Hall–Kier alpha value is 0. The second-order valence-electron chi connectivity index (χ2n) is 6.97. The normalized spacial score (nSPS) is 16.1. The second kappa shape index (κ2) is 8.14. The molecule has 0 aromatic heterocycles. The Morgan fingerprint density at radius 3 is 1.44 bits per heavy atom. The van der Waals surface area contributed by atoms with Crippen LogP contribution >= 0.6 is 0 Å². The van der Waals surface area contributed by atoms with Crippen LogP contribution in [-0.4, -0.2) is 0 Å². The molecule has 0 rings (SSSR count). The van der Waals surface area contributed by atoms with Crippen molar-refractivity contribution in [2.24, 2.45) is 29.6 Å². The molecule has 0 aliphatic carbocycles. The molecule has 0 nitrogen and oxygen atoms in total. The highest BCUT2D eigenvalue weighted by atomic mass is 14.2. The molecule has 0 saturated heterocycles. The van der Waals surface area contributed by atoms with E-state index in [0.717, 1.165) is 29.6 Å². The zero-order valence-corrected chi connectivity index (χ0v) is 12.7. The molecular weight excluding hydrogens is 192 g/mol. The smallest absolute Gasteiger partial charge is 0.0386 e. The minimum absolute atomic E-state index is 0.851. The van der Waals surface area contributed by atoms with E-state index < -0.39 is 0 Å². The Kier molecular flexibility index (Phi) is 8.14. The van der Waals surface area contributed by atoms with Crippen molar-refractivity contribution >= 4 is 0 Å². The minimum atomic E-state index is 0.851. The predicted octanol–water partition coefficient (Wildman–Crippen LogP) is 5.77. The lowest BCUT2D eigenvalue weighted by atomic mass is 9.78. The molecule has 0 amide bonds. The van der Waals surface area contributed by atoms with Gasteiger partial charge in [-0.2, -0.15) is 0 Å².